The van der Waals surface area contributed by atoms with E-state index in [0.717, 1.165) is 31.9 Å². The van der Waals surface area contributed by atoms with Crippen molar-refractivity contribution in [1.29, 1.82) is 0 Å². The highest BCUT2D eigenvalue weighted by molar-refractivity contribution is 7.85. The maximum atomic E-state index is 11.2. The number of nitrogens with zero attached hydrogens (tertiary/aromatic N) is 2. The first-order valence-electron chi connectivity index (χ1n) is 5.54. The van der Waals surface area contributed by atoms with Gasteiger partial charge >= 0.3 is 0 Å². The van der Waals surface area contributed by atoms with Gasteiger partial charge in [-0.15, -0.1) is 0 Å². The van der Waals surface area contributed by atoms with Gasteiger partial charge < -0.3 is 14.6 Å². The Kier molecular flexibility index (Phi) is 3.95. The third-order valence-electron chi connectivity index (χ3n) is 2.54. The summed E-state index contributed by atoms with van der Waals surface area (Å²) in [5.41, 5.74) is 0.920. The number of hydrogen-bond donors (Lipinski definition) is 1. The van der Waals surface area contributed by atoms with E-state index in [4.69, 9.17) is 4.42 Å². The van der Waals surface area contributed by atoms with E-state index < -0.39 is 10.8 Å². The molecular weight excluding hydrogens is 226 g/mol. The Morgan fingerprint density at radius 3 is 3.00 bits per heavy atom. The van der Waals surface area contributed by atoms with E-state index in [1.165, 1.54) is 0 Å². The molecule has 16 heavy (non-hydrogen) atoms. The average Bonchev–Trinajstić information content (AvgIpc) is 2.76. The predicted octanol–water partition coefficient (Wildman–Crippen LogP) is 0.353. The lowest BCUT2D eigenvalue weighted by atomic mass is 10.5. The topological polar surface area (TPSA) is 58.4 Å². The maximum absolute atomic E-state index is 11.2. The van der Waals surface area contributed by atoms with Gasteiger partial charge in [-0.1, -0.05) is 6.92 Å². The van der Waals surface area contributed by atoms with Gasteiger partial charge in [-0.25, -0.2) is 0 Å². The SMILES string of the molecule is CCNCc1coc(N2CCS(=O)CC2)n1. The lowest BCUT2D eigenvalue weighted by Gasteiger charge is -2.24. The Hall–Kier alpha value is -0.880. The van der Waals surface area contributed by atoms with Gasteiger partial charge in [0.2, 0.25) is 0 Å². The summed E-state index contributed by atoms with van der Waals surface area (Å²) in [7, 11) is -0.656. The second-order valence-electron chi connectivity index (χ2n) is 3.74. The largest absolute Gasteiger partial charge is 0.432 e. The zero-order valence-electron chi connectivity index (χ0n) is 9.44. The van der Waals surface area contributed by atoms with Crippen LogP contribution in [0.25, 0.3) is 0 Å². The van der Waals surface area contributed by atoms with Gasteiger partial charge in [-0.05, 0) is 6.54 Å². The molecule has 0 bridgehead atoms. The van der Waals surface area contributed by atoms with Crippen LogP contribution in [0.1, 0.15) is 12.6 Å². The van der Waals surface area contributed by atoms with Crippen LogP contribution in [-0.2, 0) is 17.3 Å². The third-order valence-corrected chi connectivity index (χ3v) is 3.82. The standard InChI is InChI=1S/C10H17N3O2S/c1-2-11-7-9-8-15-10(12-9)13-3-5-16(14)6-4-13/h8,11H,2-7H2,1H3. The van der Waals surface area contributed by atoms with Gasteiger partial charge in [0.1, 0.15) is 6.26 Å². The molecule has 0 aromatic carbocycles. The smallest absolute Gasteiger partial charge is 0.297 e. The normalized spacial score (nSPS) is 17.9. The summed E-state index contributed by atoms with van der Waals surface area (Å²) in [5.74, 6) is 1.43. The Morgan fingerprint density at radius 1 is 1.56 bits per heavy atom. The molecule has 1 saturated heterocycles. The summed E-state index contributed by atoms with van der Waals surface area (Å²) in [6.45, 7) is 5.26. The number of oxazole rings is 1. The monoisotopic (exact) mass is 243 g/mol. The first kappa shape index (κ1) is 11.6. The van der Waals surface area contributed by atoms with Gasteiger partial charge in [0, 0.05) is 41.9 Å². The Balaban J connectivity index is 1.93. The first-order valence-corrected chi connectivity index (χ1v) is 7.03. The maximum Gasteiger partial charge on any atom is 0.297 e. The molecule has 0 atom stereocenters. The molecule has 0 spiro atoms. The molecule has 1 aliphatic rings. The Bertz CT molecular complexity index is 357. The van der Waals surface area contributed by atoms with Crippen LogP contribution in [0, 0.1) is 0 Å². The quantitative estimate of drug-likeness (QED) is 0.827. The minimum atomic E-state index is -0.656. The fourth-order valence-corrected chi connectivity index (χ4v) is 2.66. The van der Waals surface area contributed by atoms with Crippen LogP contribution in [-0.4, -0.2) is 40.3 Å². The summed E-state index contributed by atoms with van der Waals surface area (Å²) in [6, 6.07) is 0.657. The van der Waals surface area contributed by atoms with Crippen LogP contribution in [0.4, 0.5) is 6.01 Å². The van der Waals surface area contributed by atoms with Crippen LogP contribution in [0.2, 0.25) is 0 Å². The van der Waals surface area contributed by atoms with Crippen LogP contribution in [0.3, 0.4) is 0 Å². The van der Waals surface area contributed by atoms with Gasteiger partial charge in [0.25, 0.3) is 6.01 Å². The molecule has 1 fully saturated rings. The zero-order chi connectivity index (χ0) is 11.4. The van der Waals surface area contributed by atoms with Crippen LogP contribution < -0.4 is 10.2 Å². The molecule has 6 heteroatoms. The second kappa shape index (κ2) is 5.45. The van der Waals surface area contributed by atoms with Crippen LogP contribution in [0.15, 0.2) is 10.7 Å². The van der Waals surface area contributed by atoms with E-state index in [-0.39, 0.29) is 0 Å². The number of anilines is 1. The van der Waals surface area contributed by atoms with Crippen molar-refractivity contribution in [2.75, 3.05) is 36.0 Å². The Labute approximate surface area is 97.7 Å². The van der Waals surface area contributed by atoms with Crippen molar-refractivity contribution in [2.24, 2.45) is 0 Å². The summed E-state index contributed by atoms with van der Waals surface area (Å²) >= 11 is 0. The number of nitrogens with one attached hydrogen (secondary N) is 1. The van der Waals surface area contributed by atoms with Crippen molar-refractivity contribution in [3.8, 4) is 0 Å². The molecule has 0 radical (unpaired) electrons. The molecule has 0 saturated carbocycles. The molecule has 0 amide bonds. The summed E-state index contributed by atoms with van der Waals surface area (Å²) in [4.78, 5) is 6.45. The fraction of sp³-hybridized carbons (Fsp3) is 0.700. The molecule has 2 heterocycles. The van der Waals surface area contributed by atoms with E-state index >= 15 is 0 Å². The van der Waals surface area contributed by atoms with Crippen molar-refractivity contribution in [3.63, 3.8) is 0 Å². The number of rotatable bonds is 4. The molecule has 2 rings (SSSR count). The van der Waals surface area contributed by atoms with E-state index in [9.17, 15) is 4.21 Å². The van der Waals surface area contributed by atoms with Crippen molar-refractivity contribution in [1.82, 2.24) is 10.3 Å². The van der Waals surface area contributed by atoms with Gasteiger partial charge in [-0.2, -0.15) is 4.98 Å². The summed E-state index contributed by atoms with van der Waals surface area (Å²) in [6.07, 6.45) is 1.68. The number of hydrogen-bond acceptors (Lipinski definition) is 5. The highest BCUT2D eigenvalue weighted by Gasteiger charge is 2.19. The number of aromatic nitrogens is 1. The van der Waals surface area contributed by atoms with Crippen LogP contribution in [0.5, 0.6) is 0 Å². The van der Waals surface area contributed by atoms with Gasteiger partial charge in [0.05, 0.1) is 5.69 Å². The third kappa shape index (κ3) is 2.82. The van der Waals surface area contributed by atoms with E-state index in [2.05, 4.69) is 22.1 Å². The molecule has 0 aliphatic carbocycles. The Morgan fingerprint density at radius 2 is 2.31 bits per heavy atom. The first-order chi connectivity index (χ1) is 7.79. The second-order valence-corrected chi connectivity index (χ2v) is 5.43. The average molecular weight is 243 g/mol. The predicted molar refractivity (Wildman–Crippen MR) is 64.0 cm³/mol. The molecule has 1 aromatic heterocycles. The molecule has 1 aromatic rings. The summed E-state index contributed by atoms with van der Waals surface area (Å²) in [5, 5.41) is 3.20. The lowest BCUT2D eigenvalue weighted by Crippen LogP contribution is -2.37. The molecule has 1 N–H and O–H groups in total. The van der Waals surface area contributed by atoms with Crippen LogP contribution >= 0.6 is 0 Å². The molecular formula is C10H17N3O2S. The molecule has 0 unspecified atom stereocenters. The zero-order valence-corrected chi connectivity index (χ0v) is 10.3. The van der Waals surface area contributed by atoms with Gasteiger partial charge in [-0.3, -0.25) is 4.21 Å². The molecule has 5 nitrogen and oxygen atoms in total. The van der Waals surface area contributed by atoms with Crippen molar-refractivity contribution in [2.45, 2.75) is 13.5 Å². The molecule has 90 valence electrons. The molecule has 1 aliphatic heterocycles. The van der Waals surface area contributed by atoms with E-state index in [1.54, 1.807) is 6.26 Å². The minimum absolute atomic E-state index is 0.656. The fourth-order valence-electron chi connectivity index (χ4n) is 1.60. The van der Waals surface area contributed by atoms with Crippen molar-refractivity contribution >= 4 is 16.8 Å². The van der Waals surface area contributed by atoms with E-state index in [1.807, 2.05) is 0 Å². The minimum Gasteiger partial charge on any atom is -0.432 e. The van der Waals surface area contributed by atoms with Gasteiger partial charge in [0.15, 0.2) is 0 Å². The summed E-state index contributed by atoms with van der Waals surface area (Å²) < 4.78 is 16.6. The van der Waals surface area contributed by atoms with Crippen molar-refractivity contribution in [3.05, 3.63) is 12.0 Å². The highest BCUT2D eigenvalue weighted by atomic mass is 32.2. The van der Waals surface area contributed by atoms with E-state index in [0.29, 0.717) is 17.5 Å². The highest BCUT2D eigenvalue weighted by Crippen LogP contribution is 2.15. The van der Waals surface area contributed by atoms with Crippen molar-refractivity contribution < 1.29 is 8.63 Å². The lowest BCUT2D eigenvalue weighted by molar-refractivity contribution is 0.536.